The van der Waals surface area contributed by atoms with E-state index in [1.807, 2.05) is 36.4 Å². The molecular weight excluding hydrogens is 350 g/mol. The second-order valence-corrected chi connectivity index (χ2v) is 7.97. The lowest BCUT2D eigenvalue weighted by Crippen LogP contribution is -2.66. The number of aromatic nitrogens is 1. The van der Waals surface area contributed by atoms with E-state index in [4.69, 9.17) is 0 Å². The van der Waals surface area contributed by atoms with Gasteiger partial charge in [0.2, 0.25) is 5.91 Å². The van der Waals surface area contributed by atoms with Crippen LogP contribution < -0.4 is 5.32 Å². The maximum Gasteiger partial charge on any atom is 0.223 e. The zero-order valence-electron chi connectivity index (χ0n) is 16.2. The third-order valence-corrected chi connectivity index (χ3v) is 6.33. The number of benzene rings is 1. The van der Waals surface area contributed by atoms with Gasteiger partial charge in [-0.2, -0.15) is 0 Å². The molecule has 2 aromatic rings. The van der Waals surface area contributed by atoms with Crippen LogP contribution in [0.2, 0.25) is 0 Å². The van der Waals surface area contributed by atoms with Crippen molar-refractivity contribution in [2.24, 2.45) is 5.92 Å². The molecule has 1 aromatic carbocycles. The van der Waals surface area contributed by atoms with Crippen molar-refractivity contribution in [3.63, 3.8) is 0 Å². The number of rotatable bonds is 7. The molecule has 1 amide bonds. The fourth-order valence-electron chi connectivity index (χ4n) is 4.85. The summed E-state index contributed by atoms with van der Waals surface area (Å²) in [5.74, 6) is 0.571. The minimum absolute atomic E-state index is 0.0396. The lowest BCUT2D eigenvalue weighted by molar-refractivity contribution is -0.126. The van der Waals surface area contributed by atoms with Gasteiger partial charge in [0.05, 0.1) is 12.3 Å². The van der Waals surface area contributed by atoms with Crippen LogP contribution in [0.5, 0.6) is 0 Å². The number of hydrogen-bond donors (Lipinski definition) is 2. The average molecular weight is 380 g/mol. The molecule has 2 fully saturated rings. The van der Waals surface area contributed by atoms with Gasteiger partial charge in [0.1, 0.15) is 0 Å². The largest absolute Gasteiger partial charge is 0.395 e. The zero-order valence-corrected chi connectivity index (χ0v) is 16.2. The van der Waals surface area contributed by atoms with Crippen LogP contribution in [0.3, 0.4) is 0 Å². The number of nitrogens with zero attached hydrogens (tertiary/aromatic N) is 2. The van der Waals surface area contributed by atoms with Crippen molar-refractivity contribution in [3.8, 4) is 0 Å². The lowest BCUT2D eigenvalue weighted by atomic mass is 9.75. The van der Waals surface area contributed by atoms with Crippen LogP contribution >= 0.6 is 0 Å². The van der Waals surface area contributed by atoms with Gasteiger partial charge in [-0.1, -0.05) is 49.2 Å². The monoisotopic (exact) mass is 379 g/mol. The summed E-state index contributed by atoms with van der Waals surface area (Å²) in [5.41, 5.74) is 2.21. The lowest BCUT2D eigenvalue weighted by Gasteiger charge is -2.55. The number of amides is 1. The molecule has 0 unspecified atom stereocenters. The van der Waals surface area contributed by atoms with Crippen LogP contribution in [0.1, 0.15) is 42.9 Å². The van der Waals surface area contributed by atoms with E-state index in [2.05, 4.69) is 27.3 Å². The van der Waals surface area contributed by atoms with Crippen LogP contribution in [0.15, 0.2) is 54.7 Å². The maximum absolute atomic E-state index is 12.6. The van der Waals surface area contributed by atoms with Gasteiger partial charge in [0.15, 0.2) is 0 Å². The maximum atomic E-state index is 12.6. The van der Waals surface area contributed by atoms with Gasteiger partial charge in [-0.25, -0.2) is 0 Å². The SMILES string of the molecule is O=C(NC[C@@H]1[C@@H](c2ccccc2)[C@H](CO)N1Cc1ccccn1)C1CCCC1. The number of likely N-dealkylation sites (tertiary alicyclic amines) is 1. The van der Waals surface area contributed by atoms with E-state index in [-0.39, 0.29) is 36.4 Å². The Morgan fingerprint density at radius 1 is 1.07 bits per heavy atom. The van der Waals surface area contributed by atoms with Crippen molar-refractivity contribution < 1.29 is 9.90 Å². The number of nitrogens with one attached hydrogen (secondary N) is 1. The number of carbonyl (C=O) groups is 1. The first-order chi connectivity index (χ1) is 13.8. The molecule has 1 saturated carbocycles. The third kappa shape index (κ3) is 3.96. The molecular formula is C23H29N3O2. The van der Waals surface area contributed by atoms with Crippen molar-refractivity contribution in [1.29, 1.82) is 0 Å². The van der Waals surface area contributed by atoms with E-state index < -0.39 is 0 Å². The highest BCUT2D eigenvalue weighted by Crippen LogP contribution is 2.41. The normalized spacial score (nSPS) is 25.4. The molecule has 0 bridgehead atoms. The van der Waals surface area contributed by atoms with Crippen molar-refractivity contribution in [3.05, 3.63) is 66.0 Å². The second-order valence-electron chi connectivity index (χ2n) is 7.97. The molecule has 2 aliphatic rings. The minimum Gasteiger partial charge on any atom is -0.395 e. The summed E-state index contributed by atoms with van der Waals surface area (Å²) in [6, 6.07) is 16.4. The fraction of sp³-hybridized carbons (Fsp3) is 0.478. The van der Waals surface area contributed by atoms with Gasteiger partial charge < -0.3 is 10.4 Å². The summed E-state index contributed by atoms with van der Waals surface area (Å²) >= 11 is 0. The van der Waals surface area contributed by atoms with Gasteiger partial charge in [-0.15, -0.1) is 0 Å². The van der Waals surface area contributed by atoms with Gasteiger partial charge >= 0.3 is 0 Å². The summed E-state index contributed by atoms with van der Waals surface area (Å²) in [6.07, 6.45) is 6.14. The molecule has 1 saturated heterocycles. The smallest absolute Gasteiger partial charge is 0.223 e. The number of hydrogen-bond acceptors (Lipinski definition) is 4. The van der Waals surface area contributed by atoms with Gasteiger partial charge in [-0.05, 0) is 30.5 Å². The van der Waals surface area contributed by atoms with Crippen LogP contribution in [-0.4, -0.2) is 46.1 Å². The molecule has 0 radical (unpaired) electrons. The fourth-order valence-corrected chi connectivity index (χ4v) is 4.85. The quantitative estimate of drug-likeness (QED) is 0.776. The van der Waals surface area contributed by atoms with Gasteiger partial charge in [0.25, 0.3) is 0 Å². The van der Waals surface area contributed by atoms with Crippen molar-refractivity contribution >= 4 is 5.91 Å². The Morgan fingerprint density at radius 2 is 1.82 bits per heavy atom. The Morgan fingerprint density at radius 3 is 2.50 bits per heavy atom. The summed E-state index contributed by atoms with van der Waals surface area (Å²) in [5, 5.41) is 13.3. The number of pyridine rings is 1. The Balaban J connectivity index is 1.50. The van der Waals surface area contributed by atoms with Crippen LogP contribution in [0.4, 0.5) is 0 Å². The van der Waals surface area contributed by atoms with E-state index in [1.165, 1.54) is 5.56 Å². The van der Waals surface area contributed by atoms with Crippen molar-refractivity contribution in [2.45, 2.75) is 50.2 Å². The summed E-state index contributed by atoms with van der Waals surface area (Å²) in [7, 11) is 0. The Kier molecular flexibility index (Phi) is 6.03. The molecule has 1 aliphatic heterocycles. The third-order valence-electron chi connectivity index (χ3n) is 6.33. The van der Waals surface area contributed by atoms with E-state index in [1.54, 1.807) is 6.20 Å². The summed E-state index contributed by atoms with van der Waals surface area (Å²) in [6.45, 7) is 1.39. The first-order valence-electron chi connectivity index (χ1n) is 10.4. The highest BCUT2D eigenvalue weighted by Gasteiger charge is 2.48. The Bertz CT molecular complexity index is 762. The highest BCUT2D eigenvalue weighted by molar-refractivity contribution is 5.78. The molecule has 28 heavy (non-hydrogen) atoms. The van der Waals surface area contributed by atoms with Crippen molar-refractivity contribution in [1.82, 2.24) is 15.2 Å². The molecule has 5 heteroatoms. The Labute approximate surface area is 166 Å². The first kappa shape index (κ1) is 19.1. The highest BCUT2D eigenvalue weighted by atomic mass is 16.3. The summed E-state index contributed by atoms with van der Waals surface area (Å²) in [4.78, 5) is 19.3. The van der Waals surface area contributed by atoms with E-state index in [9.17, 15) is 9.90 Å². The predicted molar refractivity (Wildman–Crippen MR) is 109 cm³/mol. The molecule has 148 valence electrons. The summed E-state index contributed by atoms with van der Waals surface area (Å²) < 4.78 is 0. The molecule has 2 N–H and O–H groups in total. The predicted octanol–water partition coefficient (Wildman–Crippen LogP) is 2.72. The number of aliphatic hydroxyl groups excluding tert-OH is 1. The number of aliphatic hydroxyl groups is 1. The van der Waals surface area contributed by atoms with Crippen LogP contribution in [0, 0.1) is 5.92 Å². The van der Waals surface area contributed by atoms with Gasteiger partial charge in [0, 0.05) is 43.2 Å². The topological polar surface area (TPSA) is 65.5 Å². The molecule has 1 aliphatic carbocycles. The molecule has 1 aromatic heterocycles. The average Bonchev–Trinajstić information content (AvgIpc) is 3.27. The standard InChI is InChI=1S/C23H29N3O2/c27-16-21-22(17-8-2-1-3-9-17)20(14-25-23(28)18-10-4-5-11-18)26(21)15-19-12-6-7-13-24-19/h1-3,6-9,12-13,18,20-22,27H,4-5,10-11,14-16H2,(H,25,28)/t20-,21+,22-/m1/s1. The van der Waals surface area contributed by atoms with E-state index in [0.717, 1.165) is 31.4 Å². The van der Waals surface area contributed by atoms with E-state index >= 15 is 0 Å². The zero-order chi connectivity index (χ0) is 19.3. The molecule has 5 nitrogen and oxygen atoms in total. The van der Waals surface area contributed by atoms with Gasteiger partial charge in [-0.3, -0.25) is 14.7 Å². The minimum atomic E-state index is 0.0396. The molecule has 0 spiro atoms. The molecule has 3 atom stereocenters. The Hall–Kier alpha value is -2.24. The van der Waals surface area contributed by atoms with Crippen molar-refractivity contribution in [2.75, 3.05) is 13.2 Å². The van der Waals surface area contributed by atoms with Crippen LogP contribution in [0.25, 0.3) is 0 Å². The van der Waals surface area contributed by atoms with E-state index in [0.29, 0.717) is 13.1 Å². The second kappa shape index (κ2) is 8.84. The first-order valence-corrected chi connectivity index (χ1v) is 10.4. The molecule has 4 rings (SSSR count). The molecule has 2 heterocycles. The number of carbonyl (C=O) groups excluding carboxylic acids is 1. The van der Waals surface area contributed by atoms with Crippen LogP contribution in [-0.2, 0) is 11.3 Å².